The third-order valence-electron chi connectivity index (χ3n) is 10.8. The molecular formula is C49H28N4OS. The number of thiophene rings is 1. The summed E-state index contributed by atoms with van der Waals surface area (Å²) in [6.07, 6.45) is 0. The zero-order valence-corrected chi connectivity index (χ0v) is 30.1. The molecule has 0 aliphatic carbocycles. The third kappa shape index (κ3) is 4.68. The van der Waals surface area contributed by atoms with Gasteiger partial charge in [-0.15, -0.1) is 11.3 Å². The lowest BCUT2D eigenvalue weighted by Gasteiger charge is -2.32. The van der Waals surface area contributed by atoms with Crippen LogP contribution in [0.15, 0.2) is 170 Å². The largest absolute Gasteiger partial charge is 0.453 e. The number of ether oxygens (including phenoxy) is 1. The van der Waals surface area contributed by atoms with Gasteiger partial charge in [0, 0.05) is 31.3 Å². The van der Waals surface area contributed by atoms with Crippen LogP contribution in [0.3, 0.4) is 0 Å². The van der Waals surface area contributed by atoms with E-state index in [1.165, 1.54) is 42.4 Å². The first-order valence-corrected chi connectivity index (χ1v) is 19.2. The average Bonchev–Trinajstić information content (AvgIpc) is 3.60. The Balaban J connectivity index is 1.14. The maximum absolute atomic E-state index is 6.90. The first-order chi connectivity index (χ1) is 27.2. The minimum absolute atomic E-state index is 0.526. The van der Waals surface area contributed by atoms with Crippen molar-refractivity contribution in [2.24, 2.45) is 0 Å². The zero-order valence-electron chi connectivity index (χ0n) is 29.3. The van der Waals surface area contributed by atoms with Crippen LogP contribution in [0, 0.1) is 0 Å². The number of benzene rings is 9. The molecule has 12 rings (SSSR count). The maximum atomic E-state index is 6.90. The summed E-state index contributed by atoms with van der Waals surface area (Å²) in [6, 6.07) is 59.7. The number of rotatable bonds is 3. The van der Waals surface area contributed by atoms with Gasteiger partial charge in [-0.25, -0.2) is 4.98 Å². The van der Waals surface area contributed by atoms with Crippen LogP contribution in [0.4, 0.5) is 17.3 Å². The molecule has 3 heterocycles. The SMILES string of the molecule is c1ccc(-c2nc(-c3ccccc3)nc(N3c4cc5ccccc5cc4Oc4cc5c(cc43)sc3cc4c6ccccc6c6ccccc6c4cc35)n2)cc1. The summed E-state index contributed by atoms with van der Waals surface area (Å²) in [5.74, 6) is 3.23. The van der Waals surface area contributed by atoms with Gasteiger partial charge in [0.25, 0.3) is 0 Å². The van der Waals surface area contributed by atoms with E-state index in [1.807, 2.05) is 72.0 Å². The molecule has 1 aliphatic rings. The summed E-state index contributed by atoms with van der Waals surface area (Å²) in [5.41, 5.74) is 3.59. The summed E-state index contributed by atoms with van der Waals surface area (Å²) in [6.45, 7) is 0. The third-order valence-corrected chi connectivity index (χ3v) is 11.9. The van der Waals surface area contributed by atoms with E-state index in [1.54, 1.807) is 0 Å². The molecule has 0 radical (unpaired) electrons. The summed E-state index contributed by atoms with van der Waals surface area (Å²) >= 11 is 1.81. The Morgan fingerprint density at radius 2 is 0.855 bits per heavy atom. The molecule has 0 bridgehead atoms. The Bertz CT molecular complexity index is 3300. The van der Waals surface area contributed by atoms with Gasteiger partial charge in [0.05, 0.1) is 11.4 Å². The fourth-order valence-electron chi connectivity index (χ4n) is 8.27. The molecule has 6 heteroatoms. The van der Waals surface area contributed by atoms with Gasteiger partial charge in [0.2, 0.25) is 5.95 Å². The Morgan fingerprint density at radius 3 is 1.49 bits per heavy atom. The number of nitrogens with zero attached hydrogens (tertiary/aromatic N) is 4. The van der Waals surface area contributed by atoms with Crippen molar-refractivity contribution in [1.29, 1.82) is 0 Å². The van der Waals surface area contributed by atoms with Crippen molar-refractivity contribution < 1.29 is 4.74 Å². The highest BCUT2D eigenvalue weighted by Crippen LogP contribution is 2.54. The van der Waals surface area contributed by atoms with E-state index >= 15 is 0 Å². The summed E-state index contributed by atoms with van der Waals surface area (Å²) < 4.78 is 9.30. The fraction of sp³-hybridized carbons (Fsp3) is 0. The van der Waals surface area contributed by atoms with Crippen LogP contribution in [0.5, 0.6) is 11.5 Å². The molecule has 0 fully saturated rings. The van der Waals surface area contributed by atoms with Crippen molar-refractivity contribution in [3.05, 3.63) is 170 Å². The predicted molar refractivity (Wildman–Crippen MR) is 228 cm³/mol. The standard InChI is InChI=1S/C49H28N4OS/c1-3-13-29(14-4-1)47-50-48(30-15-5-2-6-16-30)52-49(51-47)53-41-23-31-17-7-8-18-32(31)24-43(41)54-44-26-40-39-25-37-35-21-11-9-19-33(35)34-20-10-12-22-36(34)38(37)27-45(39)55-46(40)28-42(44)53/h1-28H. The van der Waals surface area contributed by atoms with Crippen LogP contribution in [0.1, 0.15) is 0 Å². The Kier molecular flexibility index (Phi) is 6.44. The van der Waals surface area contributed by atoms with E-state index in [0.29, 0.717) is 17.6 Å². The molecule has 1 aliphatic heterocycles. The number of anilines is 3. The Hall–Kier alpha value is -7.15. The normalized spacial score (nSPS) is 12.5. The molecule has 0 spiro atoms. The maximum Gasteiger partial charge on any atom is 0.239 e. The van der Waals surface area contributed by atoms with E-state index in [0.717, 1.165) is 54.9 Å². The number of hydrogen-bond donors (Lipinski definition) is 0. The van der Waals surface area contributed by atoms with Crippen molar-refractivity contribution >= 4 is 91.9 Å². The van der Waals surface area contributed by atoms with Crippen LogP contribution < -0.4 is 9.64 Å². The van der Waals surface area contributed by atoms with Crippen LogP contribution in [0.25, 0.3) is 86.0 Å². The fourth-order valence-corrected chi connectivity index (χ4v) is 9.41. The van der Waals surface area contributed by atoms with Gasteiger partial charge >= 0.3 is 0 Å². The predicted octanol–water partition coefficient (Wildman–Crippen LogP) is 13.8. The highest BCUT2D eigenvalue weighted by molar-refractivity contribution is 7.26. The molecule has 0 saturated carbocycles. The van der Waals surface area contributed by atoms with Crippen molar-refractivity contribution in [3.63, 3.8) is 0 Å². The van der Waals surface area contributed by atoms with E-state index in [9.17, 15) is 0 Å². The van der Waals surface area contributed by atoms with Crippen LogP contribution in [-0.2, 0) is 0 Å². The lowest BCUT2D eigenvalue weighted by Crippen LogP contribution is -2.19. The van der Waals surface area contributed by atoms with Gasteiger partial charge < -0.3 is 4.74 Å². The van der Waals surface area contributed by atoms with Gasteiger partial charge in [0.1, 0.15) is 0 Å². The molecular weight excluding hydrogens is 693 g/mol. The van der Waals surface area contributed by atoms with Gasteiger partial charge in [-0.3, -0.25) is 4.90 Å². The quantitative estimate of drug-likeness (QED) is 0.170. The average molecular weight is 721 g/mol. The molecule has 0 amide bonds. The van der Waals surface area contributed by atoms with Gasteiger partial charge in [0.15, 0.2) is 23.1 Å². The monoisotopic (exact) mass is 720 g/mol. The minimum Gasteiger partial charge on any atom is -0.453 e. The molecule has 9 aromatic carbocycles. The van der Waals surface area contributed by atoms with Gasteiger partial charge in [-0.1, -0.05) is 133 Å². The molecule has 0 atom stereocenters. The molecule has 256 valence electrons. The summed E-state index contributed by atoms with van der Waals surface area (Å²) in [5, 5.41) is 12.2. The second-order valence-corrected chi connectivity index (χ2v) is 15.1. The summed E-state index contributed by atoms with van der Waals surface area (Å²) in [4.78, 5) is 17.6. The molecule has 2 aromatic heterocycles. The van der Waals surface area contributed by atoms with Gasteiger partial charge in [-0.2, -0.15) is 9.97 Å². The van der Waals surface area contributed by atoms with Crippen molar-refractivity contribution in [3.8, 4) is 34.3 Å². The van der Waals surface area contributed by atoms with Crippen molar-refractivity contribution in [1.82, 2.24) is 15.0 Å². The molecule has 5 nitrogen and oxygen atoms in total. The molecule has 0 N–H and O–H groups in total. The lowest BCUT2D eigenvalue weighted by atomic mass is 9.93. The lowest BCUT2D eigenvalue weighted by molar-refractivity contribution is 0.478. The van der Waals surface area contributed by atoms with Crippen molar-refractivity contribution in [2.75, 3.05) is 4.90 Å². The highest BCUT2D eigenvalue weighted by Gasteiger charge is 2.31. The van der Waals surface area contributed by atoms with E-state index in [-0.39, 0.29) is 0 Å². The topological polar surface area (TPSA) is 51.1 Å². The van der Waals surface area contributed by atoms with E-state index in [4.69, 9.17) is 19.7 Å². The van der Waals surface area contributed by atoms with E-state index in [2.05, 4.69) is 114 Å². The smallest absolute Gasteiger partial charge is 0.239 e. The molecule has 11 aromatic rings. The second kappa shape index (κ2) is 11.7. The molecule has 0 unspecified atom stereocenters. The number of hydrogen-bond acceptors (Lipinski definition) is 6. The molecule has 55 heavy (non-hydrogen) atoms. The Labute approximate surface area is 319 Å². The van der Waals surface area contributed by atoms with Gasteiger partial charge in [-0.05, 0) is 79.5 Å². The van der Waals surface area contributed by atoms with Crippen molar-refractivity contribution in [2.45, 2.75) is 0 Å². The summed E-state index contributed by atoms with van der Waals surface area (Å²) in [7, 11) is 0. The van der Waals surface area contributed by atoms with Crippen LogP contribution >= 0.6 is 11.3 Å². The first-order valence-electron chi connectivity index (χ1n) is 18.3. The minimum atomic E-state index is 0.526. The highest BCUT2D eigenvalue weighted by atomic mass is 32.1. The zero-order chi connectivity index (χ0) is 36.0. The van der Waals surface area contributed by atoms with E-state index < -0.39 is 0 Å². The first kappa shape index (κ1) is 30.3. The van der Waals surface area contributed by atoms with Crippen LogP contribution in [-0.4, -0.2) is 15.0 Å². The van der Waals surface area contributed by atoms with Crippen LogP contribution in [0.2, 0.25) is 0 Å². The number of aromatic nitrogens is 3. The number of fused-ring (bicyclic) bond motifs is 12. The Morgan fingerprint density at radius 1 is 0.382 bits per heavy atom. The second-order valence-electron chi connectivity index (χ2n) is 14.0. The molecule has 0 saturated heterocycles.